The van der Waals surface area contributed by atoms with Gasteiger partial charge in [0.15, 0.2) is 16.4 Å². The second-order valence-electron chi connectivity index (χ2n) is 7.91. The van der Waals surface area contributed by atoms with Crippen LogP contribution in [0.15, 0.2) is 76.5 Å². The molecule has 0 aliphatic heterocycles. The highest BCUT2D eigenvalue weighted by Crippen LogP contribution is 2.25. The van der Waals surface area contributed by atoms with Crippen molar-refractivity contribution in [3.8, 4) is 16.9 Å². The number of rotatable bonds is 13. The van der Waals surface area contributed by atoms with Crippen LogP contribution in [0.3, 0.4) is 0 Å². The average Bonchev–Trinajstić information content (AvgIpc) is 2.83. The number of sulfone groups is 1. The monoisotopic (exact) mass is 517 g/mol. The molecule has 3 aromatic rings. The summed E-state index contributed by atoms with van der Waals surface area (Å²) in [6.07, 6.45) is 0.501. The highest BCUT2D eigenvalue weighted by molar-refractivity contribution is 7.99. The van der Waals surface area contributed by atoms with Crippen LogP contribution >= 0.6 is 11.8 Å². The fourth-order valence-corrected chi connectivity index (χ4v) is 5.60. The first-order valence-electron chi connectivity index (χ1n) is 11.1. The minimum absolute atomic E-state index is 0.0556. The number of aliphatic carboxylic acids is 1. The lowest BCUT2D eigenvalue weighted by atomic mass is 10.1. The lowest BCUT2D eigenvalue weighted by Gasteiger charge is -2.10. The Morgan fingerprint density at radius 3 is 2.29 bits per heavy atom. The predicted molar refractivity (Wildman–Crippen MR) is 136 cm³/mol. The van der Waals surface area contributed by atoms with Gasteiger partial charge in [0.05, 0.1) is 10.6 Å². The maximum Gasteiger partial charge on any atom is 0.341 e. The van der Waals surface area contributed by atoms with Crippen molar-refractivity contribution in [1.29, 1.82) is 0 Å². The molecule has 0 aliphatic carbocycles. The Morgan fingerprint density at radius 1 is 1.00 bits per heavy atom. The van der Waals surface area contributed by atoms with Crippen LogP contribution in [0.2, 0.25) is 0 Å². The first-order valence-corrected chi connectivity index (χ1v) is 13.8. The molecule has 0 radical (unpaired) electrons. The molecule has 0 saturated heterocycles. The fraction of sp³-hybridized carbons (Fsp3) is 0.269. The highest BCUT2D eigenvalue weighted by atomic mass is 32.2. The second kappa shape index (κ2) is 12.7. The molecule has 186 valence electrons. The molecular formula is C26H28FNO5S2. The number of benzene rings is 3. The molecule has 0 aromatic heterocycles. The Kier molecular flexibility index (Phi) is 9.71. The van der Waals surface area contributed by atoms with Crippen LogP contribution in [-0.2, 0) is 14.6 Å². The van der Waals surface area contributed by atoms with E-state index in [1.165, 1.54) is 12.1 Å². The van der Waals surface area contributed by atoms with Gasteiger partial charge in [0, 0.05) is 17.2 Å². The molecule has 9 heteroatoms. The quantitative estimate of drug-likeness (QED) is 0.248. The number of aryl methyl sites for hydroxylation is 1. The normalized spacial score (nSPS) is 11.4. The van der Waals surface area contributed by atoms with Gasteiger partial charge >= 0.3 is 5.97 Å². The minimum atomic E-state index is -3.37. The maximum atomic E-state index is 13.1. The molecule has 0 heterocycles. The van der Waals surface area contributed by atoms with E-state index >= 15 is 0 Å². The largest absolute Gasteiger partial charge is 0.482 e. The van der Waals surface area contributed by atoms with Crippen LogP contribution in [0.5, 0.6) is 5.75 Å². The van der Waals surface area contributed by atoms with Crippen LogP contribution in [-0.4, -0.2) is 50.7 Å². The summed E-state index contributed by atoms with van der Waals surface area (Å²) in [5, 5.41) is 12.0. The van der Waals surface area contributed by atoms with Crippen LogP contribution < -0.4 is 10.1 Å². The Hall–Kier alpha value is -2.88. The van der Waals surface area contributed by atoms with E-state index < -0.39 is 15.8 Å². The zero-order chi connectivity index (χ0) is 25.3. The van der Waals surface area contributed by atoms with Crippen LogP contribution in [0.25, 0.3) is 11.1 Å². The number of thioether (sulfide) groups is 1. The van der Waals surface area contributed by atoms with E-state index in [0.29, 0.717) is 18.7 Å². The number of halogens is 1. The van der Waals surface area contributed by atoms with Crippen molar-refractivity contribution in [1.82, 2.24) is 5.32 Å². The lowest BCUT2D eigenvalue weighted by Crippen LogP contribution is -2.21. The van der Waals surface area contributed by atoms with E-state index in [2.05, 4.69) is 5.32 Å². The van der Waals surface area contributed by atoms with Gasteiger partial charge in [-0.15, -0.1) is 11.8 Å². The molecule has 3 rings (SSSR count). The molecule has 0 amide bonds. The number of carbonyl (C=O) groups is 1. The van der Waals surface area contributed by atoms with Gasteiger partial charge in [-0.25, -0.2) is 17.6 Å². The number of ether oxygens (including phenoxy) is 1. The Balaban J connectivity index is 1.37. The van der Waals surface area contributed by atoms with E-state index in [9.17, 15) is 17.6 Å². The Bertz CT molecular complexity index is 1230. The molecule has 2 N–H and O–H groups in total. The number of nitrogens with one attached hydrogen (secondary N) is 1. The average molecular weight is 518 g/mol. The van der Waals surface area contributed by atoms with Gasteiger partial charge in [-0.1, -0.05) is 24.3 Å². The van der Waals surface area contributed by atoms with Crippen LogP contribution in [0, 0.1) is 12.7 Å². The molecule has 0 saturated carbocycles. The summed E-state index contributed by atoms with van der Waals surface area (Å²) < 4.78 is 43.5. The number of hydrogen-bond donors (Lipinski definition) is 2. The molecule has 3 aromatic carbocycles. The molecule has 0 aliphatic rings. The summed E-state index contributed by atoms with van der Waals surface area (Å²) in [4.78, 5) is 12.0. The number of carboxylic acid groups (broad SMARTS) is 1. The fourth-order valence-electron chi connectivity index (χ4n) is 3.38. The van der Waals surface area contributed by atoms with Crippen molar-refractivity contribution >= 4 is 27.6 Å². The van der Waals surface area contributed by atoms with Crippen molar-refractivity contribution in [2.24, 2.45) is 0 Å². The van der Waals surface area contributed by atoms with Crippen molar-refractivity contribution in [2.75, 3.05) is 31.2 Å². The topological polar surface area (TPSA) is 92.7 Å². The number of hydrogen-bond acceptors (Lipinski definition) is 6. The van der Waals surface area contributed by atoms with Crippen molar-refractivity contribution < 1.29 is 27.4 Å². The zero-order valence-electron chi connectivity index (χ0n) is 19.4. The van der Waals surface area contributed by atoms with Crippen LogP contribution in [0.1, 0.15) is 12.0 Å². The Labute approximate surface area is 209 Å². The molecule has 35 heavy (non-hydrogen) atoms. The molecular weight excluding hydrogens is 489 g/mol. The van der Waals surface area contributed by atoms with Gasteiger partial charge in [0.2, 0.25) is 0 Å². The summed E-state index contributed by atoms with van der Waals surface area (Å²) >= 11 is 1.65. The molecule has 0 bridgehead atoms. The zero-order valence-corrected chi connectivity index (χ0v) is 21.0. The molecule has 0 atom stereocenters. The van der Waals surface area contributed by atoms with Crippen molar-refractivity contribution in [3.63, 3.8) is 0 Å². The van der Waals surface area contributed by atoms with Crippen molar-refractivity contribution in [3.05, 3.63) is 78.1 Å². The summed E-state index contributed by atoms with van der Waals surface area (Å²) in [6, 6.07) is 18.4. The summed E-state index contributed by atoms with van der Waals surface area (Å²) in [7, 11) is -3.37. The van der Waals surface area contributed by atoms with Gasteiger partial charge < -0.3 is 15.2 Å². The summed E-state index contributed by atoms with van der Waals surface area (Å²) in [6.45, 7) is 2.83. The molecule has 6 nitrogen and oxygen atoms in total. The summed E-state index contributed by atoms with van der Waals surface area (Å²) in [5.41, 5.74) is 2.54. The van der Waals surface area contributed by atoms with E-state index in [4.69, 9.17) is 9.84 Å². The predicted octanol–water partition coefficient (Wildman–Crippen LogP) is 4.81. The third kappa shape index (κ3) is 8.38. The molecule has 0 spiro atoms. The summed E-state index contributed by atoms with van der Waals surface area (Å²) in [5.74, 6) is 0.100. The SMILES string of the molecule is Cc1cc(SCCNCCCS(=O)(=O)c2ccc(-c3ccc(F)cc3)cc2)ccc1OCC(=O)O. The van der Waals surface area contributed by atoms with Crippen molar-refractivity contribution in [2.45, 2.75) is 23.1 Å². The standard InChI is InChI=1S/C26H28FNO5S2/c1-19-17-23(9-12-25(19)33-18-26(29)30)34-15-14-28-13-2-16-35(31,32)24-10-5-21(6-11-24)20-3-7-22(27)8-4-20/h3-12,17,28H,2,13-16,18H2,1H3,(H,29,30). The highest BCUT2D eigenvalue weighted by Gasteiger charge is 2.14. The molecule has 0 unspecified atom stereocenters. The first kappa shape index (κ1) is 26.7. The smallest absolute Gasteiger partial charge is 0.341 e. The minimum Gasteiger partial charge on any atom is -0.482 e. The Morgan fingerprint density at radius 2 is 1.66 bits per heavy atom. The third-order valence-corrected chi connectivity index (χ3v) is 8.01. The van der Waals surface area contributed by atoms with Gasteiger partial charge in [-0.05, 0) is 79.0 Å². The van der Waals surface area contributed by atoms with E-state index in [-0.39, 0.29) is 23.1 Å². The molecule has 0 fully saturated rings. The van der Waals surface area contributed by atoms with Gasteiger partial charge in [-0.3, -0.25) is 0 Å². The number of carboxylic acids is 1. The van der Waals surface area contributed by atoms with E-state index in [1.807, 2.05) is 19.1 Å². The van der Waals surface area contributed by atoms with Gasteiger partial charge in [0.25, 0.3) is 0 Å². The second-order valence-corrected chi connectivity index (χ2v) is 11.2. The van der Waals surface area contributed by atoms with Gasteiger partial charge in [0.1, 0.15) is 11.6 Å². The van der Waals surface area contributed by atoms with E-state index in [1.54, 1.807) is 54.2 Å². The van der Waals surface area contributed by atoms with E-state index in [0.717, 1.165) is 33.9 Å². The van der Waals surface area contributed by atoms with Crippen LogP contribution in [0.4, 0.5) is 4.39 Å². The first-order chi connectivity index (χ1) is 16.7. The lowest BCUT2D eigenvalue weighted by molar-refractivity contribution is -0.139. The van der Waals surface area contributed by atoms with Gasteiger partial charge in [-0.2, -0.15) is 0 Å². The third-order valence-electron chi connectivity index (χ3n) is 5.20. The maximum absolute atomic E-state index is 13.1.